The van der Waals surface area contributed by atoms with Crippen LogP contribution in [0.1, 0.15) is 32.6 Å². The minimum atomic E-state index is 0.399. The average molecular weight is 279 g/mol. The van der Waals surface area contributed by atoms with Crippen LogP contribution >= 0.6 is 23.1 Å². The van der Waals surface area contributed by atoms with Gasteiger partial charge in [0.15, 0.2) is 0 Å². The third-order valence-electron chi connectivity index (χ3n) is 3.47. The summed E-state index contributed by atoms with van der Waals surface area (Å²) < 4.78 is 0. The molecule has 1 saturated carbocycles. The zero-order valence-electron chi connectivity index (χ0n) is 10.4. The summed E-state index contributed by atoms with van der Waals surface area (Å²) in [6, 6.07) is 2.11. The number of thioether (sulfide) groups is 1. The molecule has 2 aromatic rings. The topological polar surface area (TPSA) is 51.8 Å². The maximum absolute atomic E-state index is 5.79. The Hall–Kier alpha value is -0.810. The van der Waals surface area contributed by atoms with Crippen molar-refractivity contribution in [3.05, 3.63) is 11.4 Å². The molecule has 0 aromatic carbocycles. The van der Waals surface area contributed by atoms with Crippen LogP contribution in [0.3, 0.4) is 0 Å². The SMILES string of the molecule is CC1CCCC(Sc2nc(N)nc3sccc23)C1. The van der Waals surface area contributed by atoms with Crippen molar-refractivity contribution in [2.75, 3.05) is 5.73 Å². The summed E-state index contributed by atoms with van der Waals surface area (Å²) in [4.78, 5) is 9.71. The third kappa shape index (κ3) is 2.47. The van der Waals surface area contributed by atoms with E-state index in [-0.39, 0.29) is 0 Å². The van der Waals surface area contributed by atoms with Crippen LogP contribution in [0.2, 0.25) is 0 Å². The molecule has 5 heteroatoms. The molecule has 0 bridgehead atoms. The van der Waals surface area contributed by atoms with Crippen LogP contribution in [0.4, 0.5) is 5.95 Å². The molecule has 2 aromatic heterocycles. The molecule has 1 aliphatic rings. The number of nitrogens with two attached hydrogens (primary N) is 1. The van der Waals surface area contributed by atoms with Gasteiger partial charge in [-0.3, -0.25) is 0 Å². The molecule has 2 heterocycles. The number of hydrogen-bond acceptors (Lipinski definition) is 5. The van der Waals surface area contributed by atoms with Crippen LogP contribution in [0.25, 0.3) is 10.2 Å². The molecule has 2 N–H and O–H groups in total. The van der Waals surface area contributed by atoms with E-state index in [0.29, 0.717) is 11.2 Å². The van der Waals surface area contributed by atoms with Crippen LogP contribution in [0.15, 0.2) is 16.5 Å². The van der Waals surface area contributed by atoms with Crippen molar-refractivity contribution < 1.29 is 0 Å². The first-order valence-corrected chi connectivity index (χ1v) is 8.15. The van der Waals surface area contributed by atoms with E-state index in [1.165, 1.54) is 25.7 Å². The first-order valence-electron chi connectivity index (χ1n) is 6.40. The number of anilines is 1. The van der Waals surface area contributed by atoms with Crippen LogP contribution in [0, 0.1) is 5.92 Å². The van der Waals surface area contributed by atoms with Crippen LogP contribution in [-0.4, -0.2) is 15.2 Å². The van der Waals surface area contributed by atoms with Crippen molar-refractivity contribution in [2.24, 2.45) is 5.92 Å². The van der Waals surface area contributed by atoms with Crippen LogP contribution < -0.4 is 5.73 Å². The molecule has 0 spiro atoms. The molecule has 1 fully saturated rings. The molecule has 3 nitrogen and oxygen atoms in total. The number of nitrogens with zero attached hydrogens (tertiary/aromatic N) is 2. The van der Waals surface area contributed by atoms with E-state index in [2.05, 4.69) is 28.3 Å². The van der Waals surface area contributed by atoms with Gasteiger partial charge in [-0.1, -0.05) is 19.8 Å². The van der Waals surface area contributed by atoms with Crippen LogP contribution in [-0.2, 0) is 0 Å². The van der Waals surface area contributed by atoms with E-state index in [1.807, 2.05) is 11.8 Å². The van der Waals surface area contributed by atoms with Gasteiger partial charge in [0.25, 0.3) is 0 Å². The zero-order chi connectivity index (χ0) is 12.5. The molecule has 2 unspecified atom stereocenters. The fourth-order valence-electron chi connectivity index (χ4n) is 2.58. The van der Waals surface area contributed by atoms with Crippen LogP contribution in [0.5, 0.6) is 0 Å². The number of nitrogen functional groups attached to an aromatic ring is 1. The summed E-state index contributed by atoms with van der Waals surface area (Å²) in [5.74, 6) is 1.24. The summed E-state index contributed by atoms with van der Waals surface area (Å²) in [5.41, 5.74) is 5.79. The lowest BCUT2D eigenvalue weighted by Crippen LogP contribution is -2.15. The predicted molar refractivity (Wildman–Crippen MR) is 79.1 cm³/mol. The van der Waals surface area contributed by atoms with Crippen molar-refractivity contribution in [2.45, 2.75) is 42.9 Å². The highest BCUT2D eigenvalue weighted by molar-refractivity contribution is 8.00. The number of fused-ring (bicyclic) bond motifs is 1. The van der Waals surface area contributed by atoms with Gasteiger partial charge in [0.1, 0.15) is 9.86 Å². The lowest BCUT2D eigenvalue weighted by Gasteiger charge is -2.25. The first-order chi connectivity index (χ1) is 8.72. The Balaban J connectivity index is 1.87. The number of thiophene rings is 1. The van der Waals surface area contributed by atoms with Crippen molar-refractivity contribution in [3.63, 3.8) is 0 Å². The highest BCUT2D eigenvalue weighted by Crippen LogP contribution is 2.38. The molecule has 1 aliphatic carbocycles. The standard InChI is InChI=1S/C13H17N3S2/c1-8-3-2-4-9(7-8)18-12-10-5-6-17-11(10)15-13(14)16-12/h5-6,8-9H,2-4,7H2,1H3,(H2,14,15,16). The fraction of sp³-hybridized carbons (Fsp3) is 0.538. The Morgan fingerprint density at radius 1 is 1.39 bits per heavy atom. The van der Waals surface area contributed by atoms with Gasteiger partial charge in [0.05, 0.1) is 0 Å². The Kier molecular flexibility index (Phi) is 3.43. The molecule has 18 heavy (non-hydrogen) atoms. The summed E-state index contributed by atoms with van der Waals surface area (Å²) in [5, 5.41) is 4.98. The summed E-state index contributed by atoms with van der Waals surface area (Å²) >= 11 is 3.53. The van der Waals surface area contributed by atoms with Gasteiger partial charge in [-0.2, -0.15) is 0 Å². The van der Waals surface area contributed by atoms with E-state index in [4.69, 9.17) is 5.73 Å². The molecule has 0 radical (unpaired) electrons. The smallest absolute Gasteiger partial charge is 0.222 e. The number of aromatic nitrogens is 2. The summed E-state index contributed by atoms with van der Waals surface area (Å²) in [6.45, 7) is 2.35. The predicted octanol–water partition coefficient (Wildman–Crippen LogP) is 3.94. The minimum absolute atomic E-state index is 0.399. The highest BCUT2D eigenvalue weighted by atomic mass is 32.2. The normalized spacial score (nSPS) is 24.5. The molecular formula is C13H17N3S2. The highest BCUT2D eigenvalue weighted by Gasteiger charge is 2.21. The van der Waals surface area contributed by atoms with E-state index in [9.17, 15) is 0 Å². The van der Waals surface area contributed by atoms with Gasteiger partial charge < -0.3 is 5.73 Å². The molecule has 2 atom stereocenters. The largest absolute Gasteiger partial charge is 0.368 e. The second-order valence-electron chi connectivity index (χ2n) is 5.04. The Morgan fingerprint density at radius 2 is 2.28 bits per heavy atom. The van der Waals surface area contributed by atoms with Crippen molar-refractivity contribution in [3.8, 4) is 0 Å². The summed E-state index contributed by atoms with van der Waals surface area (Å²) in [6.07, 6.45) is 5.30. The maximum Gasteiger partial charge on any atom is 0.222 e. The minimum Gasteiger partial charge on any atom is -0.368 e. The van der Waals surface area contributed by atoms with E-state index < -0.39 is 0 Å². The molecule has 0 amide bonds. The molecular weight excluding hydrogens is 262 g/mol. The second-order valence-corrected chi connectivity index (χ2v) is 7.22. The Labute approximate surface area is 115 Å². The number of hydrogen-bond donors (Lipinski definition) is 1. The Bertz CT molecular complexity index is 552. The van der Waals surface area contributed by atoms with Gasteiger partial charge in [-0.05, 0) is 30.2 Å². The zero-order valence-corrected chi connectivity index (χ0v) is 12.1. The van der Waals surface area contributed by atoms with Crippen molar-refractivity contribution >= 4 is 39.3 Å². The number of rotatable bonds is 2. The van der Waals surface area contributed by atoms with Gasteiger partial charge >= 0.3 is 0 Å². The monoisotopic (exact) mass is 279 g/mol. The quantitative estimate of drug-likeness (QED) is 0.846. The maximum atomic E-state index is 5.79. The van der Waals surface area contributed by atoms with Crippen molar-refractivity contribution in [1.82, 2.24) is 9.97 Å². The first kappa shape index (κ1) is 12.2. The summed E-state index contributed by atoms with van der Waals surface area (Å²) in [7, 11) is 0. The van der Waals surface area contributed by atoms with Gasteiger partial charge in [-0.25, -0.2) is 9.97 Å². The third-order valence-corrected chi connectivity index (χ3v) is 5.58. The molecule has 3 rings (SSSR count). The Morgan fingerprint density at radius 3 is 3.11 bits per heavy atom. The van der Waals surface area contributed by atoms with E-state index in [1.54, 1.807) is 11.3 Å². The van der Waals surface area contributed by atoms with E-state index >= 15 is 0 Å². The lowest BCUT2D eigenvalue weighted by molar-refractivity contribution is 0.394. The molecule has 96 valence electrons. The van der Waals surface area contributed by atoms with Gasteiger partial charge in [0.2, 0.25) is 5.95 Å². The average Bonchev–Trinajstić information content (AvgIpc) is 2.77. The van der Waals surface area contributed by atoms with Crippen molar-refractivity contribution in [1.29, 1.82) is 0 Å². The fourth-order valence-corrected chi connectivity index (χ4v) is 4.88. The second kappa shape index (κ2) is 5.05. The molecule has 0 aliphatic heterocycles. The van der Waals surface area contributed by atoms with Gasteiger partial charge in [-0.15, -0.1) is 23.1 Å². The lowest BCUT2D eigenvalue weighted by atomic mass is 9.91. The van der Waals surface area contributed by atoms with Gasteiger partial charge in [0, 0.05) is 10.6 Å². The molecule has 0 saturated heterocycles. The van der Waals surface area contributed by atoms with E-state index in [0.717, 1.165) is 21.2 Å².